The predicted molar refractivity (Wildman–Crippen MR) is 158 cm³/mol. The van der Waals surface area contributed by atoms with Crippen LogP contribution in [0.3, 0.4) is 0 Å². The van der Waals surface area contributed by atoms with Crippen LogP contribution in [-0.4, -0.2) is 77.3 Å². The van der Waals surface area contributed by atoms with E-state index in [4.69, 9.17) is 0 Å². The SMILES string of the molecule is Cc1cc(C#N)nc(C)c1C(=O)N1CC2CN(CCC3(c4ccccc4)CCN(C(=O)CC4CCC4)CC3)CC2C1. The van der Waals surface area contributed by atoms with E-state index < -0.39 is 0 Å². The van der Waals surface area contributed by atoms with Crippen molar-refractivity contribution in [2.75, 3.05) is 45.8 Å². The van der Waals surface area contributed by atoms with Crippen molar-refractivity contribution < 1.29 is 9.59 Å². The molecule has 7 nitrogen and oxygen atoms in total. The fourth-order valence-corrected chi connectivity index (χ4v) is 7.91. The summed E-state index contributed by atoms with van der Waals surface area (Å²) < 4.78 is 0. The maximum Gasteiger partial charge on any atom is 0.255 e. The van der Waals surface area contributed by atoms with Crippen LogP contribution in [0.2, 0.25) is 0 Å². The number of benzene rings is 1. The van der Waals surface area contributed by atoms with Crippen molar-refractivity contribution in [3.63, 3.8) is 0 Å². The Morgan fingerprint density at radius 2 is 1.68 bits per heavy atom. The molecule has 0 radical (unpaired) electrons. The number of aromatic nitrogens is 1. The molecule has 216 valence electrons. The maximum absolute atomic E-state index is 13.4. The summed E-state index contributed by atoms with van der Waals surface area (Å²) in [5.74, 6) is 2.05. The normalized spacial score (nSPS) is 24.1. The van der Waals surface area contributed by atoms with Crippen molar-refractivity contribution in [1.82, 2.24) is 19.7 Å². The van der Waals surface area contributed by atoms with E-state index in [9.17, 15) is 14.9 Å². The number of aryl methyl sites for hydroxylation is 2. The molecule has 1 aromatic carbocycles. The Kier molecular flexibility index (Phi) is 7.87. The number of nitrogens with zero attached hydrogens (tertiary/aromatic N) is 5. The van der Waals surface area contributed by atoms with Crippen molar-refractivity contribution >= 4 is 11.8 Å². The van der Waals surface area contributed by atoms with E-state index in [1.807, 2.05) is 18.7 Å². The zero-order chi connectivity index (χ0) is 28.6. The quantitative estimate of drug-likeness (QED) is 0.496. The molecule has 4 aliphatic rings. The topological polar surface area (TPSA) is 80.5 Å². The van der Waals surface area contributed by atoms with Crippen LogP contribution < -0.4 is 0 Å². The molecule has 0 spiro atoms. The first-order chi connectivity index (χ1) is 19.8. The molecule has 1 aliphatic carbocycles. The van der Waals surface area contributed by atoms with E-state index in [1.54, 1.807) is 6.07 Å². The van der Waals surface area contributed by atoms with Gasteiger partial charge in [-0.3, -0.25) is 9.59 Å². The summed E-state index contributed by atoms with van der Waals surface area (Å²) in [6.07, 6.45) is 7.66. The van der Waals surface area contributed by atoms with E-state index in [0.29, 0.717) is 40.6 Å². The summed E-state index contributed by atoms with van der Waals surface area (Å²) >= 11 is 0. The molecule has 6 rings (SSSR count). The molecule has 1 saturated carbocycles. The first-order valence-corrected chi connectivity index (χ1v) is 15.6. The zero-order valence-corrected chi connectivity index (χ0v) is 24.6. The second-order valence-electron chi connectivity index (χ2n) is 13.2. The van der Waals surface area contributed by atoms with Crippen molar-refractivity contribution in [2.24, 2.45) is 17.8 Å². The minimum atomic E-state index is 0.0552. The van der Waals surface area contributed by atoms with Crippen LogP contribution in [0.4, 0.5) is 0 Å². The van der Waals surface area contributed by atoms with Gasteiger partial charge in [-0.15, -0.1) is 0 Å². The number of carbonyl (C=O) groups is 2. The highest BCUT2D eigenvalue weighted by atomic mass is 16.2. The number of hydrogen-bond donors (Lipinski definition) is 0. The van der Waals surface area contributed by atoms with Crippen LogP contribution >= 0.6 is 0 Å². The third-order valence-electron chi connectivity index (χ3n) is 10.6. The number of rotatable bonds is 7. The Balaban J connectivity index is 1.06. The van der Waals surface area contributed by atoms with Gasteiger partial charge >= 0.3 is 0 Å². The van der Waals surface area contributed by atoms with E-state index in [1.165, 1.54) is 24.8 Å². The smallest absolute Gasteiger partial charge is 0.255 e. The van der Waals surface area contributed by atoms with Gasteiger partial charge in [0.1, 0.15) is 11.8 Å². The summed E-state index contributed by atoms with van der Waals surface area (Å²) in [6.45, 7) is 10.2. The standard InChI is InChI=1S/C34H43N5O2/c1-24-17-30(19-35)36-25(2)32(24)33(41)39-22-27-20-37(21-28(27)23-39)14-11-34(29-9-4-3-5-10-29)12-15-38(16-13-34)31(40)18-26-7-6-8-26/h3-5,9-10,17,26-28H,6-8,11-16,18,20-23H2,1-2H3. The average Bonchev–Trinajstić information content (AvgIpc) is 3.53. The summed E-state index contributed by atoms with van der Waals surface area (Å²) in [6, 6.07) is 14.8. The molecule has 2 amide bonds. The van der Waals surface area contributed by atoms with Crippen LogP contribution in [0.15, 0.2) is 36.4 Å². The molecular formula is C34H43N5O2. The second-order valence-corrected chi connectivity index (χ2v) is 13.2. The lowest BCUT2D eigenvalue weighted by Crippen LogP contribution is -2.47. The Morgan fingerprint density at radius 1 is 1.00 bits per heavy atom. The summed E-state index contributed by atoms with van der Waals surface area (Å²) in [4.78, 5) is 37.5. The van der Waals surface area contributed by atoms with E-state index in [0.717, 1.165) is 77.1 Å². The number of pyridine rings is 1. The molecule has 3 saturated heterocycles. The molecule has 4 fully saturated rings. The van der Waals surface area contributed by atoms with E-state index >= 15 is 0 Å². The van der Waals surface area contributed by atoms with Crippen LogP contribution in [0.25, 0.3) is 0 Å². The Hall–Kier alpha value is -3.24. The molecular weight excluding hydrogens is 510 g/mol. The second kappa shape index (κ2) is 11.6. The predicted octanol–water partition coefficient (Wildman–Crippen LogP) is 4.71. The minimum Gasteiger partial charge on any atom is -0.343 e. The lowest BCUT2D eigenvalue weighted by Gasteiger charge is -2.44. The third kappa shape index (κ3) is 5.64. The van der Waals surface area contributed by atoms with Gasteiger partial charge in [0.15, 0.2) is 0 Å². The van der Waals surface area contributed by atoms with Gasteiger partial charge in [0.05, 0.1) is 11.3 Å². The van der Waals surface area contributed by atoms with Crippen LogP contribution in [0.1, 0.15) is 77.8 Å². The molecule has 1 aromatic heterocycles. The molecule has 7 heteroatoms. The Morgan fingerprint density at radius 3 is 2.27 bits per heavy atom. The minimum absolute atomic E-state index is 0.0552. The molecule has 3 aliphatic heterocycles. The van der Waals surface area contributed by atoms with Crippen molar-refractivity contribution in [1.29, 1.82) is 5.26 Å². The highest BCUT2D eigenvalue weighted by molar-refractivity contribution is 5.97. The van der Waals surface area contributed by atoms with Gasteiger partial charge in [0, 0.05) is 45.7 Å². The first kappa shape index (κ1) is 27.9. The molecule has 0 bridgehead atoms. The van der Waals surface area contributed by atoms with Crippen LogP contribution in [0, 0.1) is 42.9 Å². The van der Waals surface area contributed by atoms with Gasteiger partial charge in [-0.1, -0.05) is 36.8 Å². The van der Waals surface area contributed by atoms with Crippen molar-refractivity contribution in [3.8, 4) is 6.07 Å². The van der Waals surface area contributed by atoms with Gasteiger partial charge in [-0.2, -0.15) is 5.26 Å². The van der Waals surface area contributed by atoms with E-state index in [-0.39, 0.29) is 11.3 Å². The molecule has 41 heavy (non-hydrogen) atoms. The summed E-state index contributed by atoms with van der Waals surface area (Å²) in [5, 5.41) is 9.21. The maximum atomic E-state index is 13.4. The number of carbonyl (C=O) groups excluding carboxylic acids is 2. The third-order valence-corrected chi connectivity index (χ3v) is 10.6. The number of likely N-dealkylation sites (tertiary alicyclic amines) is 3. The number of fused-ring (bicyclic) bond motifs is 1. The highest BCUT2D eigenvalue weighted by Gasteiger charge is 2.44. The number of nitriles is 1. The molecule has 0 N–H and O–H groups in total. The van der Waals surface area contributed by atoms with Crippen molar-refractivity contribution in [2.45, 2.75) is 64.2 Å². The lowest BCUT2D eigenvalue weighted by molar-refractivity contribution is -0.134. The highest BCUT2D eigenvalue weighted by Crippen LogP contribution is 2.41. The number of hydrogen-bond acceptors (Lipinski definition) is 5. The largest absolute Gasteiger partial charge is 0.343 e. The van der Waals surface area contributed by atoms with Gasteiger partial charge in [0.25, 0.3) is 5.91 Å². The van der Waals surface area contributed by atoms with Crippen LogP contribution in [-0.2, 0) is 10.2 Å². The molecule has 4 heterocycles. The monoisotopic (exact) mass is 553 g/mol. The fourth-order valence-electron chi connectivity index (χ4n) is 7.91. The Bertz CT molecular complexity index is 1290. The fraction of sp³-hybridized carbons (Fsp3) is 0.588. The number of amides is 2. The zero-order valence-electron chi connectivity index (χ0n) is 24.6. The molecule has 2 atom stereocenters. The number of piperidine rings is 1. The molecule has 2 unspecified atom stereocenters. The van der Waals surface area contributed by atoms with Gasteiger partial charge in [-0.25, -0.2) is 4.98 Å². The van der Waals surface area contributed by atoms with Crippen molar-refractivity contribution in [3.05, 3.63) is 64.5 Å². The summed E-state index contributed by atoms with van der Waals surface area (Å²) in [7, 11) is 0. The lowest BCUT2D eigenvalue weighted by atomic mass is 9.70. The first-order valence-electron chi connectivity index (χ1n) is 15.6. The van der Waals surface area contributed by atoms with Crippen LogP contribution in [0.5, 0.6) is 0 Å². The summed E-state index contributed by atoms with van der Waals surface area (Å²) in [5.41, 5.74) is 4.04. The van der Waals surface area contributed by atoms with Gasteiger partial charge in [-0.05, 0) is 92.9 Å². The van der Waals surface area contributed by atoms with E-state index in [2.05, 4.69) is 51.2 Å². The average molecular weight is 554 g/mol. The Labute approximate surface area is 244 Å². The van der Waals surface area contributed by atoms with Gasteiger partial charge in [0.2, 0.25) is 5.91 Å². The molecule has 2 aromatic rings. The van der Waals surface area contributed by atoms with Gasteiger partial charge < -0.3 is 14.7 Å².